The molecule has 0 aromatic heterocycles. The topological polar surface area (TPSA) is 84.5 Å². The lowest BCUT2D eigenvalue weighted by Gasteiger charge is -2.15. The number of para-hydroxylation sites is 1. The highest BCUT2D eigenvalue weighted by Gasteiger charge is 2.18. The molecule has 1 unspecified atom stereocenters. The van der Waals surface area contributed by atoms with E-state index in [0.29, 0.717) is 18.5 Å². The molecule has 0 bridgehead atoms. The van der Waals surface area contributed by atoms with Crippen molar-refractivity contribution < 1.29 is 19.1 Å². The van der Waals surface area contributed by atoms with Gasteiger partial charge in [0.25, 0.3) is 0 Å². The Hall–Kier alpha value is -2.37. The lowest BCUT2D eigenvalue weighted by molar-refractivity contribution is -0.126. The van der Waals surface area contributed by atoms with Crippen molar-refractivity contribution in [3.05, 3.63) is 29.8 Å². The molecule has 0 saturated carbocycles. The first kappa shape index (κ1) is 17.7. The average Bonchev–Trinajstić information content (AvgIpc) is 2.48. The first-order valence-electron chi connectivity index (χ1n) is 7.35. The largest absolute Gasteiger partial charge is 0.462 e. The van der Waals surface area contributed by atoms with Gasteiger partial charge >= 0.3 is 5.97 Å². The van der Waals surface area contributed by atoms with Gasteiger partial charge in [-0.3, -0.25) is 9.59 Å². The molecule has 120 valence electrons. The number of rotatable bonds is 7. The molecule has 0 heterocycles. The van der Waals surface area contributed by atoms with Crippen molar-refractivity contribution in [3.8, 4) is 0 Å². The summed E-state index contributed by atoms with van der Waals surface area (Å²) in [6.45, 7) is 5.45. The number of esters is 1. The van der Waals surface area contributed by atoms with Gasteiger partial charge in [0.15, 0.2) is 0 Å². The van der Waals surface area contributed by atoms with Crippen LogP contribution in [-0.4, -0.2) is 30.4 Å². The Morgan fingerprint density at radius 3 is 2.50 bits per heavy atom. The van der Waals surface area contributed by atoms with Gasteiger partial charge in [0, 0.05) is 6.42 Å². The zero-order valence-electron chi connectivity index (χ0n) is 13.1. The number of benzene rings is 1. The molecule has 2 amide bonds. The molecule has 0 spiro atoms. The fourth-order valence-electron chi connectivity index (χ4n) is 1.83. The van der Waals surface area contributed by atoms with Crippen LogP contribution in [0.2, 0.25) is 0 Å². The molecule has 0 radical (unpaired) electrons. The van der Waals surface area contributed by atoms with Crippen LogP contribution in [0.15, 0.2) is 24.3 Å². The molecule has 6 heteroatoms. The van der Waals surface area contributed by atoms with Crippen molar-refractivity contribution >= 4 is 23.5 Å². The van der Waals surface area contributed by atoms with Crippen LogP contribution in [-0.2, 0) is 14.3 Å². The summed E-state index contributed by atoms with van der Waals surface area (Å²) in [7, 11) is 0. The van der Waals surface area contributed by atoms with Gasteiger partial charge in [0.2, 0.25) is 11.8 Å². The highest BCUT2D eigenvalue weighted by Crippen LogP contribution is 2.16. The number of nitrogens with one attached hydrogen (secondary N) is 2. The molecular weight excluding hydrogens is 284 g/mol. The van der Waals surface area contributed by atoms with Crippen LogP contribution < -0.4 is 10.6 Å². The third-order valence-corrected chi connectivity index (χ3v) is 2.93. The zero-order chi connectivity index (χ0) is 16.5. The van der Waals surface area contributed by atoms with Crippen molar-refractivity contribution in [1.82, 2.24) is 5.32 Å². The Balaban J connectivity index is 2.75. The van der Waals surface area contributed by atoms with Crippen LogP contribution in [0.4, 0.5) is 5.69 Å². The number of carbonyl (C=O) groups excluding carboxylic acids is 3. The van der Waals surface area contributed by atoms with Crippen molar-refractivity contribution in [1.29, 1.82) is 0 Å². The molecule has 0 aliphatic heterocycles. The number of anilines is 1. The van der Waals surface area contributed by atoms with Crippen LogP contribution >= 0.6 is 0 Å². The maximum Gasteiger partial charge on any atom is 0.340 e. The van der Waals surface area contributed by atoms with Gasteiger partial charge in [-0.2, -0.15) is 0 Å². The SMILES string of the molecule is CCCC(=O)NC(C)C(=O)Nc1ccccc1C(=O)OCC. The number of hydrogen-bond acceptors (Lipinski definition) is 4. The number of ether oxygens (including phenoxy) is 1. The molecule has 1 rings (SSSR count). The van der Waals surface area contributed by atoms with Crippen LogP contribution in [0.3, 0.4) is 0 Å². The van der Waals surface area contributed by atoms with Crippen molar-refractivity contribution in [2.75, 3.05) is 11.9 Å². The van der Waals surface area contributed by atoms with E-state index in [1.54, 1.807) is 38.1 Å². The third-order valence-electron chi connectivity index (χ3n) is 2.93. The summed E-state index contributed by atoms with van der Waals surface area (Å²) in [5.41, 5.74) is 0.646. The Bertz CT molecular complexity index is 543. The second-order valence-corrected chi connectivity index (χ2v) is 4.79. The second-order valence-electron chi connectivity index (χ2n) is 4.79. The summed E-state index contributed by atoms with van der Waals surface area (Å²) >= 11 is 0. The normalized spacial score (nSPS) is 11.4. The maximum absolute atomic E-state index is 12.1. The van der Waals surface area contributed by atoms with Crippen molar-refractivity contribution in [2.24, 2.45) is 0 Å². The molecule has 22 heavy (non-hydrogen) atoms. The van der Waals surface area contributed by atoms with E-state index in [-0.39, 0.29) is 24.0 Å². The van der Waals surface area contributed by atoms with E-state index in [4.69, 9.17) is 4.74 Å². The molecule has 2 N–H and O–H groups in total. The summed E-state index contributed by atoms with van der Waals surface area (Å²) in [6, 6.07) is 5.90. The van der Waals surface area contributed by atoms with E-state index in [9.17, 15) is 14.4 Å². The molecule has 0 saturated heterocycles. The Morgan fingerprint density at radius 2 is 1.86 bits per heavy atom. The standard InChI is InChI=1S/C16H22N2O4/c1-4-8-14(19)17-11(3)15(20)18-13-10-7-6-9-12(13)16(21)22-5-2/h6-7,9-11H,4-5,8H2,1-3H3,(H,17,19)(H,18,20). The van der Waals surface area contributed by atoms with Gasteiger partial charge in [0.1, 0.15) is 6.04 Å². The minimum Gasteiger partial charge on any atom is -0.462 e. The van der Waals surface area contributed by atoms with Crippen molar-refractivity contribution in [3.63, 3.8) is 0 Å². The Morgan fingerprint density at radius 1 is 1.18 bits per heavy atom. The van der Waals surface area contributed by atoms with E-state index in [0.717, 1.165) is 0 Å². The first-order chi connectivity index (χ1) is 10.5. The molecule has 0 aliphatic carbocycles. The van der Waals surface area contributed by atoms with Crippen LogP contribution in [0.5, 0.6) is 0 Å². The lowest BCUT2D eigenvalue weighted by Crippen LogP contribution is -2.41. The van der Waals surface area contributed by atoms with Crippen LogP contribution in [0.1, 0.15) is 44.0 Å². The zero-order valence-corrected chi connectivity index (χ0v) is 13.1. The molecule has 0 aliphatic rings. The molecule has 0 fully saturated rings. The fraction of sp³-hybridized carbons (Fsp3) is 0.438. The van der Waals surface area contributed by atoms with E-state index in [1.807, 2.05) is 6.92 Å². The summed E-state index contributed by atoms with van der Waals surface area (Å²) in [5, 5.41) is 5.25. The smallest absolute Gasteiger partial charge is 0.340 e. The number of hydrogen-bond donors (Lipinski definition) is 2. The molecule has 6 nitrogen and oxygen atoms in total. The molecule has 1 atom stereocenters. The quantitative estimate of drug-likeness (QED) is 0.756. The Kier molecular flexibility index (Phi) is 7.08. The molecular formula is C16H22N2O4. The minimum atomic E-state index is -0.686. The van der Waals surface area contributed by atoms with Gasteiger partial charge in [-0.25, -0.2) is 4.79 Å². The predicted molar refractivity (Wildman–Crippen MR) is 83.5 cm³/mol. The summed E-state index contributed by atoms with van der Waals surface area (Å²) in [6.07, 6.45) is 1.09. The summed E-state index contributed by atoms with van der Waals surface area (Å²) < 4.78 is 4.95. The summed E-state index contributed by atoms with van der Waals surface area (Å²) in [5.74, 6) is -1.06. The fourth-order valence-corrected chi connectivity index (χ4v) is 1.83. The number of amides is 2. The minimum absolute atomic E-state index is 0.177. The van der Waals surface area contributed by atoms with Crippen LogP contribution in [0, 0.1) is 0 Å². The van der Waals surface area contributed by atoms with Gasteiger partial charge in [-0.15, -0.1) is 0 Å². The Labute approximate surface area is 130 Å². The van der Waals surface area contributed by atoms with E-state index < -0.39 is 12.0 Å². The van der Waals surface area contributed by atoms with Crippen LogP contribution in [0.25, 0.3) is 0 Å². The number of carbonyl (C=O) groups is 3. The molecule has 1 aromatic rings. The van der Waals surface area contributed by atoms with Crippen molar-refractivity contribution in [2.45, 2.75) is 39.7 Å². The maximum atomic E-state index is 12.1. The average molecular weight is 306 g/mol. The third kappa shape index (κ3) is 5.20. The van der Waals surface area contributed by atoms with Gasteiger partial charge in [0.05, 0.1) is 17.9 Å². The van der Waals surface area contributed by atoms with Gasteiger partial charge in [-0.1, -0.05) is 19.1 Å². The van der Waals surface area contributed by atoms with E-state index in [1.165, 1.54) is 0 Å². The molecule has 1 aromatic carbocycles. The summed E-state index contributed by atoms with van der Waals surface area (Å²) in [4.78, 5) is 35.4. The highest BCUT2D eigenvalue weighted by atomic mass is 16.5. The first-order valence-corrected chi connectivity index (χ1v) is 7.35. The highest BCUT2D eigenvalue weighted by molar-refractivity contribution is 6.03. The van der Waals surface area contributed by atoms with E-state index >= 15 is 0 Å². The monoisotopic (exact) mass is 306 g/mol. The van der Waals surface area contributed by atoms with E-state index in [2.05, 4.69) is 10.6 Å². The van der Waals surface area contributed by atoms with Gasteiger partial charge < -0.3 is 15.4 Å². The second kappa shape index (κ2) is 8.81. The lowest BCUT2D eigenvalue weighted by atomic mass is 10.1. The predicted octanol–water partition coefficient (Wildman–Crippen LogP) is 2.11. The van der Waals surface area contributed by atoms with Gasteiger partial charge in [-0.05, 0) is 32.4 Å².